The van der Waals surface area contributed by atoms with Crippen LogP contribution in [0, 0.1) is 0 Å². The third kappa shape index (κ3) is 2.49. The summed E-state index contributed by atoms with van der Waals surface area (Å²) < 4.78 is 1.22. The van der Waals surface area contributed by atoms with E-state index in [4.69, 9.17) is 0 Å². The maximum atomic E-state index is 3.61. The Morgan fingerprint density at radius 3 is 2.77 bits per heavy atom. The quantitative estimate of drug-likeness (QED) is 0.910. The van der Waals surface area contributed by atoms with Crippen LogP contribution in [0.1, 0.15) is 17.8 Å². The summed E-state index contributed by atoms with van der Waals surface area (Å²) in [5, 5.41) is 3.61. The molecule has 1 aromatic rings. The summed E-state index contributed by atoms with van der Waals surface area (Å²) >= 11 is 7.32. The van der Waals surface area contributed by atoms with E-state index in [1.54, 1.807) is 0 Å². The van der Waals surface area contributed by atoms with Crippen molar-refractivity contribution in [3.63, 3.8) is 0 Å². The monoisotopic (exact) mass is 277 g/mol. The Morgan fingerprint density at radius 1 is 1.54 bits per heavy atom. The first-order valence-corrected chi connectivity index (χ1v) is 7.11. The van der Waals surface area contributed by atoms with Gasteiger partial charge in [-0.3, -0.25) is 0 Å². The van der Waals surface area contributed by atoms with Gasteiger partial charge in [0, 0.05) is 28.5 Å². The minimum atomic E-state index is 0.502. The van der Waals surface area contributed by atoms with Gasteiger partial charge in [0.15, 0.2) is 0 Å². The van der Waals surface area contributed by atoms with Crippen molar-refractivity contribution in [3.8, 4) is 0 Å². The molecular formula is C9H12BrNS2. The highest BCUT2D eigenvalue weighted by Gasteiger charge is 2.20. The highest BCUT2D eigenvalue weighted by Crippen LogP contribution is 2.28. The first-order valence-electron chi connectivity index (χ1n) is 4.35. The second kappa shape index (κ2) is 4.34. The van der Waals surface area contributed by atoms with E-state index in [1.165, 1.54) is 20.2 Å². The van der Waals surface area contributed by atoms with Gasteiger partial charge in [-0.2, -0.15) is 11.8 Å². The second-order valence-corrected chi connectivity index (χ2v) is 6.83. The molecule has 2 rings (SSSR count). The lowest BCUT2D eigenvalue weighted by Crippen LogP contribution is -2.41. The van der Waals surface area contributed by atoms with Crippen molar-refractivity contribution in [2.75, 3.05) is 11.5 Å². The van der Waals surface area contributed by atoms with Gasteiger partial charge >= 0.3 is 0 Å². The number of rotatable bonds is 3. The number of nitrogens with one attached hydrogen (secondary N) is 1. The fourth-order valence-electron chi connectivity index (χ4n) is 1.33. The van der Waals surface area contributed by atoms with Crippen LogP contribution < -0.4 is 5.32 Å². The summed E-state index contributed by atoms with van der Waals surface area (Å²) in [6.45, 7) is 2.24. The summed E-state index contributed by atoms with van der Waals surface area (Å²) in [5.41, 5.74) is 0. The Labute approximate surface area is 95.4 Å². The molecule has 0 amide bonds. The van der Waals surface area contributed by atoms with E-state index < -0.39 is 0 Å². The Bertz CT molecular complexity index is 283. The van der Waals surface area contributed by atoms with Gasteiger partial charge in [0.1, 0.15) is 0 Å². The van der Waals surface area contributed by atoms with Crippen molar-refractivity contribution in [1.29, 1.82) is 0 Å². The van der Waals surface area contributed by atoms with Crippen LogP contribution in [0.3, 0.4) is 0 Å². The van der Waals surface area contributed by atoms with E-state index in [0.717, 1.165) is 6.04 Å². The molecule has 13 heavy (non-hydrogen) atoms. The molecule has 0 aliphatic carbocycles. The molecular weight excluding hydrogens is 266 g/mol. The van der Waals surface area contributed by atoms with Gasteiger partial charge in [-0.15, -0.1) is 11.3 Å². The van der Waals surface area contributed by atoms with Crippen molar-refractivity contribution in [3.05, 3.63) is 20.8 Å². The molecule has 2 heterocycles. The third-order valence-electron chi connectivity index (χ3n) is 2.14. The molecule has 1 aliphatic heterocycles. The minimum absolute atomic E-state index is 0.502. The van der Waals surface area contributed by atoms with Crippen molar-refractivity contribution in [1.82, 2.24) is 5.32 Å². The van der Waals surface area contributed by atoms with Crippen LogP contribution >= 0.6 is 39.0 Å². The number of thioether (sulfide) groups is 1. The standard InChI is InChI=1S/C9H12BrNS2/c1-6(11-7-4-12-5-7)8-2-3-9(10)13-8/h2-3,6-7,11H,4-5H2,1H3/t6-/m1/s1. The normalized spacial score (nSPS) is 19.8. The van der Waals surface area contributed by atoms with Crippen molar-refractivity contribution in [2.45, 2.75) is 19.0 Å². The molecule has 4 heteroatoms. The molecule has 0 radical (unpaired) electrons. The second-order valence-electron chi connectivity index (χ2n) is 3.26. The number of halogens is 1. The lowest BCUT2D eigenvalue weighted by atomic mass is 10.2. The van der Waals surface area contributed by atoms with Crippen LogP contribution in [-0.4, -0.2) is 17.5 Å². The molecule has 0 spiro atoms. The fraction of sp³-hybridized carbons (Fsp3) is 0.556. The van der Waals surface area contributed by atoms with Crippen molar-refractivity contribution < 1.29 is 0 Å². The summed E-state index contributed by atoms with van der Waals surface area (Å²) in [6, 6.07) is 5.55. The van der Waals surface area contributed by atoms with Gasteiger partial charge in [0.2, 0.25) is 0 Å². The van der Waals surface area contributed by atoms with E-state index >= 15 is 0 Å². The zero-order valence-electron chi connectivity index (χ0n) is 7.42. The first-order chi connectivity index (χ1) is 6.25. The van der Waals surface area contributed by atoms with E-state index in [0.29, 0.717) is 6.04 Å². The molecule has 0 saturated carbocycles. The van der Waals surface area contributed by atoms with Crippen LogP contribution in [0.25, 0.3) is 0 Å². The summed E-state index contributed by atoms with van der Waals surface area (Å²) in [5.74, 6) is 2.55. The Morgan fingerprint density at radius 2 is 2.31 bits per heavy atom. The van der Waals surface area contributed by atoms with Gasteiger partial charge in [0.25, 0.3) is 0 Å². The van der Waals surface area contributed by atoms with Gasteiger partial charge in [-0.1, -0.05) is 0 Å². The summed E-state index contributed by atoms with van der Waals surface area (Å²) in [4.78, 5) is 1.42. The molecule has 1 aliphatic rings. The highest BCUT2D eigenvalue weighted by atomic mass is 79.9. The lowest BCUT2D eigenvalue weighted by Gasteiger charge is -2.29. The average molecular weight is 278 g/mol. The maximum Gasteiger partial charge on any atom is 0.0701 e. The fourth-order valence-corrected chi connectivity index (χ4v) is 3.43. The van der Waals surface area contributed by atoms with Gasteiger partial charge in [-0.05, 0) is 35.0 Å². The predicted octanol–water partition coefficient (Wildman–Crippen LogP) is 3.28. The van der Waals surface area contributed by atoms with Crippen molar-refractivity contribution >= 4 is 39.0 Å². The largest absolute Gasteiger partial charge is 0.305 e. The van der Waals surface area contributed by atoms with Gasteiger partial charge in [-0.25, -0.2) is 0 Å². The van der Waals surface area contributed by atoms with Crippen LogP contribution in [0.2, 0.25) is 0 Å². The molecule has 0 unspecified atom stereocenters. The predicted molar refractivity (Wildman–Crippen MR) is 64.7 cm³/mol. The smallest absolute Gasteiger partial charge is 0.0701 e. The summed E-state index contributed by atoms with van der Waals surface area (Å²) in [7, 11) is 0. The molecule has 72 valence electrons. The van der Waals surface area contributed by atoms with Crippen LogP contribution in [-0.2, 0) is 0 Å². The first kappa shape index (κ1) is 10.0. The number of hydrogen-bond acceptors (Lipinski definition) is 3. The Hall–Kier alpha value is 0.490. The molecule has 1 fully saturated rings. The maximum absolute atomic E-state index is 3.61. The third-order valence-corrected chi connectivity index (χ3v) is 5.23. The Kier molecular flexibility index (Phi) is 3.35. The zero-order valence-corrected chi connectivity index (χ0v) is 10.6. The molecule has 1 aromatic heterocycles. The van der Waals surface area contributed by atoms with E-state index in [1.807, 2.05) is 23.1 Å². The topological polar surface area (TPSA) is 12.0 Å². The van der Waals surface area contributed by atoms with Crippen LogP contribution in [0.5, 0.6) is 0 Å². The zero-order chi connectivity index (χ0) is 9.26. The van der Waals surface area contributed by atoms with Crippen LogP contribution in [0.15, 0.2) is 15.9 Å². The number of hydrogen-bond donors (Lipinski definition) is 1. The Balaban J connectivity index is 1.92. The SMILES string of the molecule is C[C@@H](NC1CSC1)c1ccc(Br)s1. The molecule has 1 nitrogen and oxygen atoms in total. The van der Waals surface area contributed by atoms with Crippen molar-refractivity contribution in [2.24, 2.45) is 0 Å². The van der Waals surface area contributed by atoms with E-state index in [2.05, 4.69) is 40.3 Å². The molecule has 1 atom stereocenters. The highest BCUT2D eigenvalue weighted by molar-refractivity contribution is 9.11. The lowest BCUT2D eigenvalue weighted by molar-refractivity contribution is 0.508. The summed E-state index contributed by atoms with van der Waals surface area (Å²) in [6.07, 6.45) is 0. The average Bonchev–Trinajstić information content (AvgIpc) is 2.44. The van der Waals surface area contributed by atoms with E-state index in [-0.39, 0.29) is 0 Å². The molecule has 0 bridgehead atoms. The molecule has 1 saturated heterocycles. The van der Waals surface area contributed by atoms with Crippen LogP contribution in [0.4, 0.5) is 0 Å². The van der Waals surface area contributed by atoms with Gasteiger partial charge < -0.3 is 5.32 Å². The molecule has 1 N–H and O–H groups in total. The van der Waals surface area contributed by atoms with E-state index in [9.17, 15) is 0 Å². The minimum Gasteiger partial charge on any atom is -0.305 e. The number of thiophene rings is 1. The molecule has 0 aromatic carbocycles. The van der Waals surface area contributed by atoms with Gasteiger partial charge in [0.05, 0.1) is 3.79 Å².